The highest BCUT2D eigenvalue weighted by Crippen LogP contribution is 2.32. The molecule has 132 valence electrons. The van der Waals surface area contributed by atoms with Gasteiger partial charge in [-0.2, -0.15) is 0 Å². The van der Waals surface area contributed by atoms with Crippen molar-refractivity contribution in [3.8, 4) is 5.75 Å². The van der Waals surface area contributed by atoms with Crippen molar-refractivity contribution in [2.75, 3.05) is 29.9 Å². The molecule has 1 N–H and O–H groups in total. The van der Waals surface area contributed by atoms with Crippen molar-refractivity contribution in [3.63, 3.8) is 0 Å². The van der Waals surface area contributed by atoms with Gasteiger partial charge in [0.2, 0.25) is 5.91 Å². The van der Waals surface area contributed by atoms with Crippen LogP contribution >= 0.6 is 0 Å². The number of aromatic hydroxyl groups is 1. The van der Waals surface area contributed by atoms with E-state index >= 15 is 0 Å². The molecule has 1 aliphatic rings. The van der Waals surface area contributed by atoms with Crippen molar-refractivity contribution in [1.82, 2.24) is 4.57 Å². The highest BCUT2D eigenvalue weighted by Gasteiger charge is 2.26. The molecule has 1 aliphatic heterocycles. The van der Waals surface area contributed by atoms with Gasteiger partial charge >= 0.3 is 0 Å². The van der Waals surface area contributed by atoms with Gasteiger partial charge in [-0.05, 0) is 31.0 Å². The standard InChI is InChI=1S/C19H23N3O3/c1-13-10-20(3)16-6-4-5-7-17(16)22(11-13)19(25)12-21-14(2)8-15(23)9-18(21)24/h4-9,13,23H,10-12H2,1-3H3. The number of benzene rings is 1. The van der Waals surface area contributed by atoms with E-state index in [0.717, 1.165) is 24.0 Å². The topological polar surface area (TPSA) is 65.8 Å². The van der Waals surface area contributed by atoms with E-state index < -0.39 is 0 Å². The highest BCUT2D eigenvalue weighted by atomic mass is 16.3. The van der Waals surface area contributed by atoms with Crippen LogP contribution in [0.3, 0.4) is 0 Å². The van der Waals surface area contributed by atoms with Crippen molar-refractivity contribution < 1.29 is 9.90 Å². The number of amides is 1. The summed E-state index contributed by atoms with van der Waals surface area (Å²) in [5, 5.41) is 9.52. The van der Waals surface area contributed by atoms with E-state index in [0.29, 0.717) is 18.2 Å². The maximum Gasteiger partial charge on any atom is 0.254 e. The van der Waals surface area contributed by atoms with E-state index in [-0.39, 0.29) is 23.8 Å². The van der Waals surface area contributed by atoms with Crippen LogP contribution in [0.4, 0.5) is 11.4 Å². The number of para-hydroxylation sites is 2. The number of hydrogen-bond acceptors (Lipinski definition) is 4. The van der Waals surface area contributed by atoms with Crippen LogP contribution in [-0.4, -0.2) is 35.7 Å². The summed E-state index contributed by atoms with van der Waals surface area (Å²) in [4.78, 5) is 29.1. The highest BCUT2D eigenvalue weighted by molar-refractivity contribution is 5.97. The lowest BCUT2D eigenvalue weighted by Crippen LogP contribution is -2.39. The predicted molar refractivity (Wildman–Crippen MR) is 98.3 cm³/mol. The maximum atomic E-state index is 13.0. The van der Waals surface area contributed by atoms with Crippen LogP contribution in [0.5, 0.6) is 5.75 Å². The van der Waals surface area contributed by atoms with Crippen molar-refractivity contribution in [2.24, 2.45) is 5.92 Å². The SMILES string of the molecule is Cc1cc(O)cc(=O)n1CC(=O)N1CC(C)CN(C)c2ccccc21. The fourth-order valence-electron chi connectivity index (χ4n) is 3.42. The molecule has 25 heavy (non-hydrogen) atoms. The van der Waals surface area contributed by atoms with E-state index in [1.54, 1.807) is 11.8 Å². The van der Waals surface area contributed by atoms with E-state index in [1.807, 2.05) is 31.3 Å². The number of carbonyl (C=O) groups is 1. The molecule has 3 rings (SSSR count). The minimum absolute atomic E-state index is 0.0459. The molecular formula is C19H23N3O3. The van der Waals surface area contributed by atoms with Crippen molar-refractivity contribution in [2.45, 2.75) is 20.4 Å². The molecule has 2 aromatic rings. The minimum Gasteiger partial charge on any atom is -0.508 e. The number of fused-ring (bicyclic) bond motifs is 1. The zero-order chi connectivity index (χ0) is 18.1. The molecule has 6 nitrogen and oxygen atoms in total. The molecule has 1 atom stereocenters. The van der Waals surface area contributed by atoms with Crippen LogP contribution in [0.1, 0.15) is 12.6 Å². The summed E-state index contributed by atoms with van der Waals surface area (Å²) in [5.41, 5.74) is 2.06. The van der Waals surface area contributed by atoms with Gasteiger partial charge in [-0.15, -0.1) is 0 Å². The van der Waals surface area contributed by atoms with Gasteiger partial charge in [-0.25, -0.2) is 0 Å². The molecule has 1 aromatic carbocycles. The number of hydrogen-bond donors (Lipinski definition) is 1. The van der Waals surface area contributed by atoms with Crippen LogP contribution in [0, 0.1) is 12.8 Å². The van der Waals surface area contributed by atoms with E-state index in [1.165, 1.54) is 10.6 Å². The van der Waals surface area contributed by atoms with E-state index in [9.17, 15) is 14.7 Å². The van der Waals surface area contributed by atoms with Gasteiger partial charge in [0.25, 0.3) is 5.56 Å². The fraction of sp³-hybridized carbons (Fsp3) is 0.368. The lowest BCUT2D eigenvalue weighted by atomic mass is 10.1. The van der Waals surface area contributed by atoms with Crippen molar-refractivity contribution in [3.05, 3.63) is 52.4 Å². The Kier molecular flexibility index (Phi) is 4.53. The van der Waals surface area contributed by atoms with Gasteiger partial charge in [0, 0.05) is 31.9 Å². The molecule has 0 radical (unpaired) electrons. The number of aryl methyl sites for hydroxylation is 1. The smallest absolute Gasteiger partial charge is 0.254 e. The number of carbonyl (C=O) groups excluding carboxylic acids is 1. The van der Waals surface area contributed by atoms with Crippen LogP contribution in [-0.2, 0) is 11.3 Å². The summed E-state index contributed by atoms with van der Waals surface area (Å²) in [6.07, 6.45) is 0. The summed E-state index contributed by atoms with van der Waals surface area (Å²) in [5.74, 6) is 0.0889. The zero-order valence-corrected chi connectivity index (χ0v) is 14.8. The van der Waals surface area contributed by atoms with Gasteiger partial charge in [-0.1, -0.05) is 19.1 Å². The Balaban J connectivity index is 1.96. The normalized spacial score (nSPS) is 17.2. The molecule has 0 fully saturated rings. The first-order valence-electron chi connectivity index (χ1n) is 8.38. The van der Waals surface area contributed by atoms with E-state index in [2.05, 4.69) is 11.8 Å². The Bertz CT molecular complexity index is 859. The number of nitrogens with zero attached hydrogens (tertiary/aromatic N) is 3. The van der Waals surface area contributed by atoms with Gasteiger partial charge in [0.05, 0.1) is 11.4 Å². The fourth-order valence-corrected chi connectivity index (χ4v) is 3.42. The largest absolute Gasteiger partial charge is 0.508 e. The lowest BCUT2D eigenvalue weighted by molar-refractivity contribution is -0.119. The molecule has 1 aromatic heterocycles. The summed E-state index contributed by atoms with van der Waals surface area (Å²) in [6, 6.07) is 10.4. The summed E-state index contributed by atoms with van der Waals surface area (Å²) in [6.45, 7) is 5.24. The van der Waals surface area contributed by atoms with Crippen molar-refractivity contribution >= 4 is 17.3 Å². The monoisotopic (exact) mass is 341 g/mol. The first-order chi connectivity index (χ1) is 11.9. The minimum atomic E-state index is -0.376. The molecule has 0 saturated carbocycles. The molecule has 0 spiro atoms. The zero-order valence-electron chi connectivity index (χ0n) is 14.8. The second-order valence-electron chi connectivity index (χ2n) is 6.76. The second-order valence-corrected chi connectivity index (χ2v) is 6.76. The lowest BCUT2D eigenvalue weighted by Gasteiger charge is -2.25. The van der Waals surface area contributed by atoms with Crippen LogP contribution < -0.4 is 15.4 Å². The molecule has 2 heterocycles. The number of aromatic nitrogens is 1. The van der Waals surface area contributed by atoms with Crippen LogP contribution in [0.25, 0.3) is 0 Å². The van der Waals surface area contributed by atoms with Crippen LogP contribution in [0.15, 0.2) is 41.2 Å². The average molecular weight is 341 g/mol. The van der Waals surface area contributed by atoms with Gasteiger partial charge < -0.3 is 19.5 Å². The molecule has 0 saturated heterocycles. The second kappa shape index (κ2) is 6.63. The number of anilines is 2. The molecule has 1 amide bonds. The Hall–Kier alpha value is -2.76. The number of pyridine rings is 1. The average Bonchev–Trinajstić information content (AvgIpc) is 2.67. The van der Waals surface area contributed by atoms with Gasteiger partial charge in [0.15, 0.2) is 0 Å². The van der Waals surface area contributed by atoms with E-state index in [4.69, 9.17) is 0 Å². The Labute approximate surface area is 146 Å². The third-order valence-electron chi connectivity index (χ3n) is 4.58. The molecular weight excluding hydrogens is 318 g/mol. The first-order valence-corrected chi connectivity index (χ1v) is 8.38. The predicted octanol–water partition coefficient (Wildman–Crippen LogP) is 1.98. The summed E-state index contributed by atoms with van der Waals surface area (Å²) < 4.78 is 1.39. The maximum absolute atomic E-state index is 13.0. The Morgan fingerprint density at radius 3 is 2.56 bits per heavy atom. The third kappa shape index (κ3) is 3.38. The first kappa shape index (κ1) is 17.1. The number of rotatable bonds is 2. The Morgan fingerprint density at radius 2 is 1.88 bits per heavy atom. The molecule has 6 heteroatoms. The molecule has 0 aliphatic carbocycles. The summed E-state index contributed by atoms with van der Waals surface area (Å²) >= 11 is 0. The molecule has 0 bridgehead atoms. The van der Waals surface area contributed by atoms with Crippen molar-refractivity contribution in [1.29, 1.82) is 0 Å². The Morgan fingerprint density at radius 1 is 1.20 bits per heavy atom. The summed E-state index contributed by atoms with van der Waals surface area (Å²) in [7, 11) is 2.03. The van der Waals surface area contributed by atoms with Crippen LogP contribution in [0.2, 0.25) is 0 Å². The third-order valence-corrected chi connectivity index (χ3v) is 4.58. The van der Waals surface area contributed by atoms with Gasteiger partial charge in [-0.3, -0.25) is 9.59 Å². The quantitative estimate of drug-likeness (QED) is 0.907. The molecule has 1 unspecified atom stereocenters. The van der Waals surface area contributed by atoms with Gasteiger partial charge in [0.1, 0.15) is 12.3 Å².